The van der Waals surface area contributed by atoms with E-state index in [0.29, 0.717) is 17.1 Å². The van der Waals surface area contributed by atoms with E-state index in [1.54, 1.807) is 32.0 Å². The number of terminal acetylenes is 1. The molecule has 0 bridgehead atoms. The average molecular weight is 232 g/mol. The van der Waals surface area contributed by atoms with Crippen molar-refractivity contribution in [3.05, 3.63) is 23.8 Å². The van der Waals surface area contributed by atoms with Gasteiger partial charge in [0.1, 0.15) is 11.5 Å². The highest BCUT2D eigenvalue weighted by atomic mass is 16.5. The summed E-state index contributed by atoms with van der Waals surface area (Å²) in [5.41, 5.74) is -0.165. The van der Waals surface area contributed by atoms with Gasteiger partial charge in [0.25, 0.3) is 0 Å². The number of carbonyl (C=O) groups is 1. The van der Waals surface area contributed by atoms with Crippen LogP contribution in [0.1, 0.15) is 31.1 Å². The van der Waals surface area contributed by atoms with Crippen molar-refractivity contribution in [1.29, 1.82) is 0 Å². The van der Waals surface area contributed by atoms with Gasteiger partial charge in [0.15, 0.2) is 11.4 Å². The number of hydrogen-bond donors (Lipinski definition) is 0. The van der Waals surface area contributed by atoms with Crippen molar-refractivity contribution in [2.24, 2.45) is 0 Å². The lowest BCUT2D eigenvalue weighted by Crippen LogP contribution is -2.25. The summed E-state index contributed by atoms with van der Waals surface area (Å²) in [7, 11) is 1.51. The predicted octanol–water partition coefficient (Wildman–Crippen LogP) is 2.69. The molecular formula is C14H16O3. The van der Waals surface area contributed by atoms with Crippen LogP contribution >= 0.6 is 0 Å². The van der Waals surface area contributed by atoms with Crippen LogP contribution in [0.2, 0.25) is 0 Å². The molecule has 0 saturated carbocycles. The molecule has 17 heavy (non-hydrogen) atoms. The maximum Gasteiger partial charge on any atom is 0.163 e. The first-order valence-corrected chi connectivity index (χ1v) is 5.25. The molecule has 3 heteroatoms. The number of Topliss-reactive ketones (excluding diaryl/α,β-unsaturated/α-hetero) is 1. The average Bonchev–Trinajstić information content (AvgIpc) is 2.28. The van der Waals surface area contributed by atoms with Crippen molar-refractivity contribution in [1.82, 2.24) is 0 Å². The zero-order valence-electron chi connectivity index (χ0n) is 10.5. The molecule has 3 nitrogen and oxygen atoms in total. The van der Waals surface area contributed by atoms with Gasteiger partial charge in [-0.15, -0.1) is 6.42 Å². The molecule has 0 heterocycles. The van der Waals surface area contributed by atoms with Gasteiger partial charge in [-0.1, -0.05) is 5.92 Å². The molecule has 0 fully saturated rings. The monoisotopic (exact) mass is 232 g/mol. The van der Waals surface area contributed by atoms with Crippen LogP contribution in [0, 0.1) is 12.3 Å². The Balaban J connectivity index is 3.07. The van der Waals surface area contributed by atoms with E-state index in [-0.39, 0.29) is 5.78 Å². The number of carbonyl (C=O) groups excluding carboxylic acids is 1. The standard InChI is InChI=1S/C14H16O3/c1-6-14(3,4)17-11-7-8-12(10(2)15)13(9-11)16-5/h1,7-9H,2-5H3. The maximum atomic E-state index is 11.3. The summed E-state index contributed by atoms with van der Waals surface area (Å²) in [6.45, 7) is 5.07. The first-order chi connectivity index (χ1) is 7.89. The molecule has 0 aliphatic rings. The second-order valence-electron chi connectivity index (χ2n) is 4.17. The fourth-order valence-electron chi connectivity index (χ4n) is 1.35. The zero-order chi connectivity index (χ0) is 13.1. The van der Waals surface area contributed by atoms with Crippen molar-refractivity contribution in [2.75, 3.05) is 7.11 Å². The minimum absolute atomic E-state index is 0.0513. The van der Waals surface area contributed by atoms with Crippen LogP contribution in [-0.4, -0.2) is 18.5 Å². The van der Waals surface area contributed by atoms with Gasteiger partial charge in [0, 0.05) is 6.07 Å². The van der Waals surface area contributed by atoms with Crippen LogP contribution in [0.3, 0.4) is 0 Å². The summed E-state index contributed by atoms with van der Waals surface area (Å²) < 4.78 is 10.7. The van der Waals surface area contributed by atoms with E-state index in [0.717, 1.165) is 0 Å². The van der Waals surface area contributed by atoms with Gasteiger partial charge in [0.05, 0.1) is 12.7 Å². The van der Waals surface area contributed by atoms with Gasteiger partial charge in [-0.2, -0.15) is 0 Å². The normalized spacial score (nSPS) is 10.5. The van der Waals surface area contributed by atoms with E-state index < -0.39 is 5.60 Å². The number of hydrogen-bond acceptors (Lipinski definition) is 3. The first-order valence-electron chi connectivity index (χ1n) is 5.25. The molecule has 1 aromatic rings. The summed E-state index contributed by atoms with van der Waals surface area (Å²) in [5, 5.41) is 0. The van der Waals surface area contributed by atoms with Crippen LogP contribution in [0.4, 0.5) is 0 Å². The maximum absolute atomic E-state index is 11.3. The molecule has 0 unspecified atom stereocenters. The van der Waals surface area contributed by atoms with Crippen LogP contribution in [0.15, 0.2) is 18.2 Å². The first kappa shape index (κ1) is 13.1. The number of ketones is 1. The molecule has 90 valence electrons. The minimum Gasteiger partial charge on any atom is -0.496 e. The number of rotatable bonds is 4. The van der Waals surface area contributed by atoms with Gasteiger partial charge < -0.3 is 9.47 Å². The third kappa shape index (κ3) is 3.25. The van der Waals surface area contributed by atoms with E-state index in [4.69, 9.17) is 15.9 Å². The lowest BCUT2D eigenvalue weighted by molar-refractivity contribution is 0.101. The van der Waals surface area contributed by atoms with Crippen LogP contribution in [-0.2, 0) is 0 Å². The van der Waals surface area contributed by atoms with Crippen molar-refractivity contribution >= 4 is 5.78 Å². The molecule has 0 radical (unpaired) electrons. The van der Waals surface area contributed by atoms with Crippen LogP contribution in [0.25, 0.3) is 0 Å². The van der Waals surface area contributed by atoms with E-state index in [2.05, 4.69) is 5.92 Å². The third-order valence-corrected chi connectivity index (χ3v) is 2.27. The molecule has 0 aliphatic heterocycles. The van der Waals surface area contributed by atoms with Gasteiger partial charge in [0.2, 0.25) is 0 Å². The summed E-state index contributed by atoms with van der Waals surface area (Å²) in [6.07, 6.45) is 5.34. The Hall–Kier alpha value is -1.95. The summed E-state index contributed by atoms with van der Waals surface area (Å²) in [4.78, 5) is 11.3. The summed E-state index contributed by atoms with van der Waals surface area (Å²) >= 11 is 0. The third-order valence-electron chi connectivity index (χ3n) is 2.27. The Morgan fingerprint density at radius 3 is 2.53 bits per heavy atom. The number of benzene rings is 1. The Labute approximate surface area is 102 Å². The largest absolute Gasteiger partial charge is 0.496 e. The highest BCUT2D eigenvalue weighted by molar-refractivity contribution is 5.97. The lowest BCUT2D eigenvalue weighted by atomic mass is 10.1. The summed E-state index contributed by atoms with van der Waals surface area (Å²) in [5.74, 6) is 3.55. The molecule has 0 amide bonds. The highest BCUT2D eigenvalue weighted by Crippen LogP contribution is 2.27. The second kappa shape index (κ2) is 4.92. The van der Waals surface area contributed by atoms with Crippen molar-refractivity contribution in [2.45, 2.75) is 26.4 Å². The molecule has 0 aromatic heterocycles. The topological polar surface area (TPSA) is 35.5 Å². The Bertz CT molecular complexity index is 467. The Morgan fingerprint density at radius 2 is 2.06 bits per heavy atom. The second-order valence-corrected chi connectivity index (χ2v) is 4.17. The molecule has 0 N–H and O–H groups in total. The quantitative estimate of drug-likeness (QED) is 0.591. The number of methoxy groups -OCH3 is 1. The lowest BCUT2D eigenvalue weighted by Gasteiger charge is -2.20. The van der Waals surface area contributed by atoms with E-state index in [9.17, 15) is 4.79 Å². The van der Waals surface area contributed by atoms with Crippen LogP contribution in [0.5, 0.6) is 11.5 Å². The van der Waals surface area contributed by atoms with Gasteiger partial charge in [-0.05, 0) is 32.9 Å². The van der Waals surface area contributed by atoms with Crippen molar-refractivity contribution in [3.63, 3.8) is 0 Å². The van der Waals surface area contributed by atoms with Crippen molar-refractivity contribution in [3.8, 4) is 23.8 Å². The van der Waals surface area contributed by atoms with Gasteiger partial charge in [-0.25, -0.2) is 0 Å². The molecule has 0 spiro atoms. The fourth-order valence-corrected chi connectivity index (χ4v) is 1.35. The SMILES string of the molecule is C#CC(C)(C)Oc1ccc(C(C)=O)c(OC)c1. The van der Waals surface area contributed by atoms with Crippen molar-refractivity contribution < 1.29 is 14.3 Å². The zero-order valence-corrected chi connectivity index (χ0v) is 10.5. The Kier molecular flexibility index (Phi) is 3.80. The Morgan fingerprint density at radius 1 is 1.41 bits per heavy atom. The smallest absolute Gasteiger partial charge is 0.163 e. The van der Waals surface area contributed by atoms with Crippen LogP contribution < -0.4 is 9.47 Å². The number of ether oxygens (including phenoxy) is 2. The predicted molar refractivity (Wildman–Crippen MR) is 66.5 cm³/mol. The van der Waals surface area contributed by atoms with E-state index in [1.165, 1.54) is 14.0 Å². The van der Waals surface area contributed by atoms with E-state index >= 15 is 0 Å². The van der Waals surface area contributed by atoms with Gasteiger partial charge >= 0.3 is 0 Å². The van der Waals surface area contributed by atoms with E-state index in [1.807, 2.05) is 0 Å². The molecule has 0 atom stereocenters. The molecule has 0 aliphatic carbocycles. The summed E-state index contributed by atoms with van der Waals surface area (Å²) in [6, 6.07) is 5.04. The van der Waals surface area contributed by atoms with Gasteiger partial charge in [-0.3, -0.25) is 4.79 Å². The molecule has 1 rings (SSSR count). The highest BCUT2D eigenvalue weighted by Gasteiger charge is 2.17. The minimum atomic E-state index is -0.692. The molecular weight excluding hydrogens is 216 g/mol. The fraction of sp³-hybridized carbons (Fsp3) is 0.357. The molecule has 0 saturated heterocycles. The molecule has 1 aromatic carbocycles.